The molecule has 0 bridgehead atoms. The van der Waals surface area contributed by atoms with E-state index >= 15 is 0 Å². The summed E-state index contributed by atoms with van der Waals surface area (Å²) in [5.74, 6) is -0.927. The zero-order valence-electron chi connectivity index (χ0n) is 44.2. The van der Waals surface area contributed by atoms with Gasteiger partial charge in [0, 0.05) is 19.3 Å². The van der Waals surface area contributed by atoms with Crippen LogP contribution in [0.2, 0.25) is 0 Å². The molecule has 386 valence electrons. The summed E-state index contributed by atoms with van der Waals surface area (Å²) in [6.45, 7) is 6.56. The van der Waals surface area contributed by atoms with Crippen LogP contribution in [-0.2, 0) is 28.6 Å². The van der Waals surface area contributed by atoms with Gasteiger partial charge >= 0.3 is 17.9 Å². The Kier molecular flexibility index (Phi) is 52.8. The topological polar surface area (TPSA) is 78.9 Å². The van der Waals surface area contributed by atoms with Gasteiger partial charge in [-0.2, -0.15) is 0 Å². The molecule has 0 spiro atoms. The van der Waals surface area contributed by atoms with Crippen LogP contribution in [0.1, 0.15) is 278 Å². The molecular formula is C61H106O6. The van der Waals surface area contributed by atoms with Crippen LogP contribution in [0.15, 0.2) is 72.9 Å². The quantitative estimate of drug-likeness (QED) is 0.0262. The second-order valence-electron chi connectivity index (χ2n) is 18.8. The van der Waals surface area contributed by atoms with Gasteiger partial charge in [0.15, 0.2) is 6.10 Å². The molecule has 0 aromatic heterocycles. The van der Waals surface area contributed by atoms with Crippen LogP contribution >= 0.6 is 0 Å². The molecule has 0 rings (SSSR count). The smallest absolute Gasteiger partial charge is 0.306 e. The highest BCUT2D eigenvalue weighted by Crippen LogP contribution is 2.15. The third-order valence-electron chi connectivity index (χ3n) is 12.2. The van der Waals surface area contributed by atoms with Crippen molar-refractivity contribution in [3.05, 3.63) is 72.9 Å². The Morgan fingerprint density at radius 1 is 0.299 bits per heavy atom. The SMILES string of the molecule is CCCCC/C=C/C/C=C/C/C=C/C/C=C/CCCCCC(=O)OC[C@@H](COC(=O)CCCCCCCCCCCCCCCCC)OC(=O)CCCCCCC/C=C/C/C=C/CCCCC. The largest absolute Gasteiger partial charge is 0.462 e. The molecule has 0 aliphatic rings. The van der Waals surface area contributed by atoms with Gasteiger partial charge in [-0.25, -0.2) is 0 Å². The Labute approximate surface area is 414 Å². The van der Waals surface area contributed by atoms with Crippen molar-refractivity contribution in [3.8, 4) is 0 Å². The van der Waals surface area contributed by atoms with E-state index in [1.807, 2.05) is 0 Å². The Hall–Kier alpha value is -3.15. The van der Waals surface area contributed by atoms with Crippen LogP contribution in [0.4, 0.5) is 0 Å². The first-order valence-electron chi connectivity index (χ1n) is 28.4. The molecule has 0 saturated carbocycles. The molecule has 6 nitrogen and oxygen atoms in total. The average molecular weight is 936 g/mol. The highest BCUT2D eigenvalue weighted by atomic mass is 16.6. The normalized spacial score (nSPS) is 12.6. The molecule has 0 aromatic rings. The summed E-state index contributed by atoms with van der Waals surface area (Å²) in [5.41, 5.74) is 0. The van der Waals surface area contributed by atoms with E-state index in [9.17, 15) is 14.4 Å². The van der Waals surface area contributed by atoms with Gasteiger partial charge in [-0.05, 0) is 96.3 Å². The van der Waals surface area contributed by atoms with Gasteiger partial charge in [0.05, 0.1) is 0 Å². The second kappa shape index (κ2) is 55.4. The molecule has 1 atom stereocenters. The van der Waals surface area contributed by atoms with Crippen LogP contribution in [-0.4, -0.2) is 37.2 Å². The van der Waals surface area contributed by atoms with Crippen LogP contribution in [0.5, 0.6) is 0 Å². The van der Waals surface area contributed by atoms with Crippen LogP contribution in [0.25, 0.3) is 0 Å². The van der Waals surface area contributed by atoms with E-state index in [-0.39, 0.29) is 31.1 Å². The number of carbonyl (C=O) groups excluding carboxylic acids is 3. The van der Waals surface area contributed by atoms with Crippen molar-refractivity contribution in [2.45, 2.75) is 284 Å². The van der Waals surface area contributed by atoms with E-state index in [2.05, 4.69) is 93.7 Å². The lowest BCUT2D eigenvalue weighted by Crippen LogP contribution is -2.30. The van der Waals surface area contributed by atoms with E-state index in [0.29, 0.717) is 19.3 Å². The molecule has 0 unspecified atom stereocenters. The minimum absolute atomic E-state index is 0.0894. The molecule has 0 aliphatic heterocycles. The van der Waals surface area contributed by atoms with E-state index in [1.54, 1.807) is 0 Å². The third-order valence-corrected chi connectivity index (χ3v) is 12.2. The van der Waals surface area contributed by atoms with Crippen molar-refractivity contribution in [2.24, 2.45) is 0 Å². The fraction of sp³-hybridized carbons (Fsp3) is 0.754. The maximum atomic E-state index is 12.8. The monoisotopic (exact) mass is 935 g/mol. The minimum Gasteiger partial charge on any atom is -0.462 e. The average Bonchev–Trinajstić information content (AvgIpc) is 3.33. The van der Waals surface area contributed by atoms with Crippen LogP contribution in [0, 0.1) is 0 Å². The van der Waals surface area contributed by atoms with Gasteiger partial charge < -0.3 is 14.2 Å². The summed E-state index contributed by atoms with van der Waals surface area (Å²) in [6.07, 6.45) is 70.2. The molecule has 0 heterocycles. The van der Waals surface area contributed by atoms with Gasteiger partial charge in [-0.3, -0.25) is 14.4 Å². The fourth-order valence-corrected chi connectivity index (χ4v) is 7.87. The standard InChI is InChI=1S/C61H106O6/c1-4-7-10-13-16-19-22-25-28-29-30-31-34-36-39-42-45-48-51-54-60(63)66-57-58(67-61(64)55-52-49-46-43-40-37-33-27-24-21-18-15-12-9-6-3)56-65-59(62)53-50-47-44-41-38-35-32-26-23-20-17-14-11-8-5-2/h16,18-19,21,25,27-28,30-31,33,36,39,58H,4-15,17,20,22-24,26,29,32,34-35,37-38,40-57H2,1-3H3/b19-16+,21-18+,28-25+,31-30+,33-27+,39-36+/t58-/m1/s1. The molecule has 67 heavy (non-hydrogen) atoms. The minimum atomic E-state index is -0.795. The second-order valence-corrected chi connectivity index (χ2v) is 18.8. The van der Waals surface area contributed by atoms with Crippen molar-refractivity contribution in [2.75, 3.05) is 13.2 Å². The van der Waals surface area contributed by atoms with Crippen LogP contribution in [0.3, 0.4) is 0 Å². The molecule has 0 fully saturated rings. The lowest BCUT2D eigenvalue weighted by atomic mass is 10.0. The van der Waals surface area contributed by atoms with E-state index in [4.69, 9.17) is 14.2 Å². The number of unbranched alkanes of at least 4 members (excludes halogenated alkanes) is 28. The number of ether oxygens (including phenoxy) is 3. The van der Waals surface area contributed by atoms with Gasteiger partial charge in [-0.1, -0.05) is 235 Å². The first-order chi connectivity index (χ1) is 33.0. The number of rotatable bonds is 51. The van der Waals surface area contributed by atoms with Crippen molar-refractivity contribution >= 4 is 17.9 Å². The zero-order chi connectivity index (χ0) is 48.6. The Morgan fingerprint density at radius 2 is 0.537 bits per heavy atom. The molecule has 0 aromatic carbocycles. The Balaban J connectivity index is 4.45. The summed E-state index contributed by atoms with van der Waals surface area (Å²) >= 11 is 0. The van der Waals surface area contributed by atoms with Crippen molar-refractivity contribution in [1.82, 2.24) is 0 Å². The van der Waals surface area contributed by atoms with Crippen molar-refractivity contribution in [1.29, 1.82) is 0 Å². The number of hydrogen-bond donors (Lipinski definition) is 0. The summed E-state index contributed by atoms with van der Waals surface area (Å²) < 4.78 is 16.8. The number of allylic oxidation sites excluding steroid dienone is 12. The Bertz CT molecular complexity index is 1260. The van der Waals surface area contributed by atoms with E-state index < -0.39 is 6.10 Å². The molecule has 6 heteroatoms. The number of esters is 3. The van der Waals surface area contributed by atoms with Crippen molar-refractivity contribution < 1.29 is 28.6 Å². The van der Waals surface area contributed by atoms with Crippen molar-refractivity contribution in [3.63, 3.8) is 0 Å². The molecule has 0 amide bonds. The maximum absolute atomic E-state index is 12.8. The summed E-state index contributed by atoms with van der Waals surface area (Å²) in [6, 6.07) is 0. The van der Waals surface area contributed by atoms with Gasteiger partial charge in [0.2, 0.25) is 0 Å². The molecule has 0 aliphatic carbocycles. The molecular weight excluding hydrogens is 829 g/mol. The van der Waals surface area contributed by atoms with Crippen LogP contribution < -0.4 is 0 Å². The predicted octanol–water partition coefficient (Wildman–Crippen LogP) is 19.0. The maximum Gasteiger partial charge on any atom is 0.306 e. The number of carbonyl (C=O) groups is 3. The van der Waals surface area contributed by atoms with Gasteiger partial charge in [0.1, 0.15) is 13.2 Å². The van der Waals surface area contributed by atoms with E-state index in [1.165, 1.54) is 128 Å². The lowest BCUT2D eigenvalue weighted by molar-refractivity contribution is -0.167. The molecule has 0 saturated heterocycles. The Morgan fingerprint density at radius 3 is 0.881 bits per heavy atom. The van der Waals surface area contributed by atoms with Gasteiger partial charge in [0.25, 0.3) is 0 Å². The first kappa shape index (κ1) is 63.8. The fourth-order valence-electron chi connectivity index (χ4n) is 7.87. The lowest BCUT2D eigenvalue weighted by Gasteiger charge is -2.18. The summed E-state index contributed by atoms with van der Waals surface area (Å²) in [7, 11) is 0. The predicted molar refractivity (Wildman–Crippen MR) is 288 cm³/mol. The highest BCUT2D eigenvalue weighted by molar-refractivity contribution is 5.71. The third kappa shape index (κ3) is 53.7. The number of hydrogen-bond acceptors (Lipinski definition) is 6. The molecule has 0 N–H and O–H groups in total. The van der Waals surface area contributed by atoms with E-state index in [0.717, 1.165) is 109 Å². The first-order valence-corrected chi connectivity index (χ1v) is 28.4. The highest BCUT2D eigenvalue weighted by Gasteiger charge is 2.19. The summed E-state index contributed by atoms with van der Waals surface area (Å²) in [5, 5.41) is 0. The molecule has 0 radical (unpaired) electrons. The zero-order valence-corrected chi connectivity index (χ0v) is 44.2. The van der Waals surface area contributed by atoms with Gasteiger partial charge in [-0.15, -0.1) is 0 Å². The summed E-state index contributed by atoms with van der Waals surface area (Å²) in [4.78, 5) is 38.1.